The van der Waals surface area contributed by atoms with Gasteiger partial charge in [-0.15, -0.1) is 12.4 Å². The van der Waals surface area contributed by atoms with Crippen molar-refractivity contribution in [1.29, 1.82) is 0 Å². The number of rotatable bonds is 7. The second kappa shape index (κ2) is 10.2. The second-order valence-corrected chi connectivity index (χ2v) is 6.87. The van der Waals surface area contributed by atoms with Crippen LogP contribution in [0.15, 0.2) is 0 Å². The van der Waals surface area contributed by atoms with Crippen LogP contribution in [0.3, 0.4) is 0 Å². The van der Waals surface area contributed by atoms with Crippen molar-refractivity contribution in [3.63, 3.8) is 0 Å². The molecule has 1 aliphatic rings. The van der Waals surface area contributed by atoms with Crippen molar-refractivity contribution in [3.05, 3.63) is 0 Å². The zero-order valence-corrected chi connectivity index (χ0v) is 14.1. The van der Waals surface area contributed by atoms with Gasteiger partial charge in [0, 0.05) is 24.5 Å². The summed E-state index contributed by atoms with van der Waals surface area (Å²) in [5.41, 5.74) is 5.85. The highest BCUT2D eigenvalue weighted by molar-refractivity contribution is 8.00. The lowest BCUT2D eigenvalue weighted by molar-refractivity contribution is -0.122. The molecule has 1 aliphatic heterocycles. The summed E-state index contributed by atoms with van der Waals surface area (Å²) in [6.45, 7) is 2.27. The maximum Gasteiger partial charge on any atom is 0.236 e. The molecule has 0 spiro atoms. The Bertz CT molecular complexity index is 264. The first-order chi connectivity index (χ1) is 8.63. The quantitative estimate of drug-likeness (QED) is 0.742. The highest BCUT2D eigenvalue weighted by Gasteiger charge is 2.32. The number of amides is 1. The van der Waals surface area contributed by atoms with E-state index in [-0.39, 0.29) is 29.1 Å². The number of carbonyl (C=O) groups excluding carboxylic acids is 1. The Kier molecular flexibility index (Phi) is 10.4. The molecule has 0 aliphatic carbocycles. The molecule has 0 unspecified atom stereocenters. The molecule has 1 rings (SSSR count). The predicted molar refractivity (Wildman–Crippen MR) is 87.5 cm³/mol. The van der Waals surface area contributed by atoms with E-state index < -0.39 is 0 Å². The molecule has 1 saturated heterocycles. The van der Waals surface area contributed by atoms with E-state index >= 15 is 0 Å². The Labute approximate surface area is 130 Å². The largest absolute Gasteiger partial charge is 0.381 e. The Morgan fingerprint density at radius 2 is 2.05 bits per heavy atom. The summed E-state index contributed by atoms with van der Waals surface area (Å²) in [5, 5.41) is 3.00. The predicted octanol–water partition coefficient (Wildman–Crippen LogP) is 1.52. The summed E-state index contributed by atoms with van der Waals surface area (Å²) < 4.78 is 5.51. The Morgan fingerprint density at radius 1 is 1.42 bits per heavy atom. The number of nitrogens with one attached hydrogen (secondary N) is 1. The molecule has 4 nitrogen and oxygen atoms in total. The minimum Gasteiger partial charge on any atom is -0.381 e. The van der Waals surface area contributed by atoms with E-state index in [0.717, 1.165) is 38.2 Å². The summed E-state index contributed by atoms with van der Waals surface area (Å²) in [6, 6.07) is -0.379. The van der Waals surface area contributed by atoms with Crippen molar-refractivity contribution in [3.8, 4) is 0 Å². The van der Waals surface area contributed by atoms with Crippen LogP contribution in [-0.4, -0.2) is 54.7 Å². The zero-order valence-electron chi connectivity index (χ0n) is 11.6. The molecule has 0 aromatic rings. The molecule has 0 saturated carbocycles. The van der Waals surface area contributed by atoms with Crippen LogP contribution >= 0.6 is 35.9 Å². The van der Waals surface area contributed by atoms with Crippen molar-refractivity contribution in [2.75, 3.05) is 38.0 Å². The number of carbonyl (C=O) groups is 1. The molecule has 0 radical (unpaired) electrons. The van der Waals surface area contributed by atoms with Crippen LogP contribution in [0.25, 0.3) is 0 Å². The van der Waals surface area contributed by atoms with Crippen molar-refractivity contribution in [2.24, 2.45) is 5.73 Å². The molecule has 1 amide bonds. The summed E-state index contributed by atoms with van der Waals surface area (Å²) in [7, 11) is 0. The van der Waals surface area contributed by atoms with Gasteiger partial charge in [-0.05, 0) is 37.5 Å². The van der Waals surface area contributed by atoms with E-state index in [9.17, 15) is 4.79 Å². The molecule has 1 heterocycles. The molecule has 3 N–H and O–H groups in total. The lowest BCUT2D eigenvalue weighted by atomic mass is 9.99. The van der Waals surface area contributed by atoms with Crippen LogP contribution in [0.5, 0.6) is 0 Å². The third-order valence-corrected chi connectivity index (χ3v) is 5.45. The summed E-state index contributed by atoms with van der Waals surface area (Å²) in [4.78, 5) is 11.9. The molecular formula is C12H25ClN2O2S2. The average molecular weight is 329 g/mol. The van der Waals surface area contributed by atoms with E-state index in [0.29, 0.717) is 6.54 Å². The number of thioether (sulfide) groups is 2. The van der Waals surface area contributed by atoms with Gasteiger partial charge < -0.3 is 15.8 Å². The number of nitrogens with two attached hydrogens (primary N) is 1. The molecule has 0 bridgehead atoms. The normalized spacial score (nSPS) is 19.3. The van der Waals surface area contributed by atoms with Crippen LogP contribution in [-0.2, 0) is 9.53 Å². The van der Waals surface area contributed by atoms with E-state index in [2.05, 4.69) is 11.6 Å². The van der Waals surface area contributed by atoms with Gasteiger partial charge in [0.1, 0.15) is 0 Å². The fourth-order valence-corrected chi connectivity index (χ4v) is 3.23. The van der Waals surface area contributed by atoms with Crippen molar-refractivity contribution >= 4 is 41.8 Å². The lowest BCUT2D eigenvalue weighted by Gasteiger charge is -2.36. The fraction of sp³-hybridized carbons (Fsp3) is 0.917. The van der Waals surface area contributed by atoms with Crippen LogP contribution in [0.4, 0.5) is 0 Å². The van der Waals surface area contributed by atoms with E-state index in [4.69, 9.17) is 10.5 Å². The highest BCUT2D eigenvalue weighted by Crippen LogP contribution is 2.32. The Morgan fingerprint density at radius 3 is 2.58 bits per heavy atom. The van der Waals surface area contributed by atoms with E-state index in [1.807, 2.05) is 18.0 Å². The SMILES string of the molecule is CSCC[C@H](N)C(=O)NCC1(SC)CCOCC1.Cl. The highest BCUT2D eigenvalue weighted by atomic mass is 35.5. The average Bonchev–Trinajstić information content (AvgIpc) is 2.43. The van der Waals surface area contributed by atoms with Crippen molar-refractivity contribution in [2.45, 2.75) is 30.1 Å². The van der Waals surface area contributed by atoms with Crippen LogP contribution < -0.4 is 11.1 Å². The maximum atomic E-state index is 11.9. The van der Waals surface area contributed by atoms with Crippen molar-refractivity contribution < 1.29 is 9.53 Å². The molecule has 19 heavy (non-hydrogen) atoms. The summed E-state index contributed by atoms with van der Waals surface area (Å²) >= 11 is 3.54. The van der Waals surface area contributed by atoms with Crippen LogP contribution in [0.2, 0.25) is 0 Å². The van der Waals surface area contributed by atoms with Crippen LogP contribution in [0, 0.1) is 0 Å². The van der Waals surface area contributed by atoms with Gasteiger partial charge in [0.2, 0.25) is 5.91 Å². The molecule has 1 atom stereocenters. The number of ether oxygens (including phenoxy) is 1. The Hall–Kier alpha value is 0.380. The Balaban J connectivity index is 0.00000324. The zero-order chi connectivity index (χ0) is 13.4. The maximum absolute atomic E-state index is 11.9. The summed E-state index contributed by atoms with van der Waals surface area (Å²) in [6.07, 6.45) is 6.85. The van der Waals surface area contributed by atoms with Gasteiger partial charge in [-0.2, -0.15) is 23.5 Å². The van der Waals surface area contributed by atoms with Gasteiger partial charge >= 0.3 is 0 Å². The fourth-order valence-electron chi connectivity index (χ4n) is 1.95. The second-order valence-electron chi connectivity index (χ2n) is 4.61. The number of halogens is 1. The number of hydrogen-bond acceptors (Lipinski definition) is 5. The third kappa shape index (κ3) is 6.58. The first-order valence-corrected chi connectivity index (χ1v) is 8.90. The third-order valence-electron chi connectivity index (χ3n) is 3.39. The van der Waals surface area contributed by atoms with Gasteiger partial charge in [0.05, 0.1) is 6.04 Å². The van der Waals surface area contributed by atoms with Gasteiger partial charge in [-0.3, -0.25) is 4.79 Å². The molecule has 1 fully saturated rings. The van der Waals surface area contributed by atoms with Crippen LogP contribution in [0.1, 0.15) is 19.3 Å². The first kappa shape index (κ1) is 19.4. The molecule has 7 heteroatoms. The molecule has 0 aromatic heterocycles. The lowest BCUT2D eigenvalue weighted by Crippen LogP contribution is -2.48. The summed E-state index contributed by atoms with van der Waals surface area (Å²) in [5.74, 6) is 0.903. The van der Waals surface area contributed by atoms with Crippen molar-refractivity contribution in [1.82, 2.24) is 5.32 Å². The smallest absolute Gasteiger partial charge is 0.236 e. The van der Waals surface area contributed by atoms with Gasteiger partial charge in [-0.1, -0.05) is 0 Å². The minimum absolute atomic E-state index is 0. The monoisotopic (exact) mass is 328 g/mol. The molecule has 0 aromatic carbocycles. The topological polar surface area (TPSA) is 64.4 Å². The van der Waals surface area contributed by atoms with Gasteiger partial charge in [-0.25, -0.2) is 0 Å². The molecule has 114 valence electrons. The minimum atomic E-state index is -0.379. The standard InChI is InChI=1S/C12H24N2O2S2.ClH/c1-17-8-3-10(13)11(15)14-9-12(18-2)4-6-16-7-5-12;/h10H,3-9,13H2,1-2H3,(H,14,15);1H/t10-;/m0./s1. The van der Waals surface area contributed by atoms with E-state index in [1.54, 1.807) is 11.8 Å². The molecular weight excluding hydrogens is 304 g/mol. The number of hydrogen-bond donors (Lipinski definition) is 2. The van der Waals surface area contributed by atoms with E-state index in [1.165, 1.54) is 0 Å². The van der Waals surface area contributed by atoms with Gasteiger partial charge in [0.25, 0.3) is 0 Å². The first-order valence-electron chi connectivity index (χ1n) is 6.29. The van der Waals surface area contributed by atoms with Gasteiger partial charge in [0.15, 0.2) is 0 Å².